The Kier molecular flexibility index (Phi) is 4.74. The molecule has 1 aromatic rings. The van der Waals surface area contributed by atoms with Gasteiger partial charge in [0.2, 0.25) is 5.91 Å². The maximum atomic E-state index is 11.9. The summed E-state index contributed by atoms with van der Waals surface area (Å²) in [4.78, 5) is 18.7. The Hall–Kier alpha value is -1.46. The molecule has 1 aliphatic carbocycles. The smallest absolute Gasteiger partial charge is 0.249 e. The largest absolute Gasteiger partial charge is 0.383 e. The van der Waals surface area contributed by atoms with Crippen molar-refractivity contribution < 1.29 is 9.90 Å². The number of nitrogens with one attached hydrogen (secondary N) is 1. The van der Waals surface area contributed by atoms with Crippen molar-refractivity contribution in [2.24, 2.45) is 5.92 Å². The van der Waals surface area contributed by atoms with E-state index in [-0.39, 0.29) is 11.8 Å². The maximum Gasteiger partial charge on any atom is 0.249 e. The summed E-state index contributed by atoms with van der Waals surface area (Å²) in [6.45, 7) is 4.76. The van der Waals surface area contributed by atoms with Crippen LogP contribution < -0.4 is 5.32 Å². The van der Waals surface area contributed by atoms with E-state index in [1.807, 2.05) is 12.3 Å². The van der Waals surface area contributed by atoms with Crippen LogP contribution in [-0.4, -0.2) is 46.1 Å². The van der Waals surface area contributed by atoms with Crippen LogP contribution in [0.5, 0.6) is 0 Å². The highest BCUT2D eigenvalue weighted by Crippen LogP contribution is 2.24. The number of piperidine rings is 1. The van der Waals surface area contributed by atoms with Gasteiger partial charge >= 0.3 is 0 Å². The van der Waals surface area contributed by atoms with Crippen LogP contribution in [0.2, 0.25) is 0 Å². The molecule has 1 amide bonds. The van der Waals surface area contributed by atoms with Crippen LogP contribution in [0.1, 0.15) is 36.9 Å². The first-order chi connectivity index (χ1) is 10.6. The molecule has 5 nitrogen and oxygen atoms in total. The molecule has 22 heavy (non-hydrogen) atoms. The number of aromatic nitrogens is 1. The van der Waals surface area contributed by atoms with Gasteiger partial charge in [0.1, 0.15) is 6.10 Å². The number of aryl methyl sites for hydroxylation is 1. The number of likely N-dealkylation sites (tertiary alicyclic amines) is 1. The van der Waals surface area contributed by atoms with Crippen LogP contribution >= 0.6 is 0 Å². The Labute approximate surface area is 131 Å². The third-order valence-electron chi connectivity index (χ3n) is 4.76. The first-order valence-electron chi connectivity index (χ1n) is 8.25. The van der Waals surface area contributed by atoms with Gasteiger partial charge in [-0.2, -0.15) is 0 Å². The van der Waals surface area contributed by atoms with Crippen LogP contribution in [0.25, 0.3) is 0 Å². The first kappa shape index (κ1) is 15.4. The fraction of sp³-hybridized carbons (Fsp3) is 0.647. The zero-order chi connectivity index (χ0) is 15.5. The molecule has 0 radical (unpaired) electrons. The molecule has 2 heterocycles. The lowest BCUT2D eigenvalue weighted by Crippen LogP contribution is -2.45. The summed E-state index contributed by atoms with van der Waals surface area (Å²) in [6, 6.07) is 4.36. The summed E-state index contributed by atoms with van der Waals surface area (Å²) in [6.07, 6.45) is 4.83. The van der Waals surface area contributed by atoms with E-state index in [0.29, 0.717) is 6.04 Å². The number of pyridine rings is 1. The first-order valence-corrected chi connectivity index (χ1v) is 8.25. The second kappa shape index (κ2) is 6.75. The predicted octanol–water partition coefficient (Wildman–Crippen LogP) is 1.24. The predicted molar refractivity (Wildman–Crippen MR) is 84.1 cm³/mol. The molecule has 5 heteroatoms. The number of aliphatic hydroxyl groups excluding tert-OH is 1. The van der Waals surface area contributed by atoms with Crippen molar-refractivity contribution in [2.45, 2.75) is 51.3 Å². The Bertz CT molecular complexity index is 522. The quantitative estimate of drug-likeness (QED) is 0.859. The molecule has 1 aromatic heterocycles. The van der Waals surface area contributed by atoms with Gasteiger partial charge in [0.15, 0.2) is 0 Å². The van der Waals surface area contributed by atoms with Crippen LogP contribution in [0, 0.1) is 12.8 Å². The summed E-state index contributed by atoms with van der Waals surface area (Å²) < 4.78 is 0. The molecule has 120 valence electrons. The lowest BCUT2D eigenvalue weighted by atomic mass is 9.90. The monoisotopic (exact) mass is 303 g/mol. The van der Waals surface area contributed by atoms with Gasteiger partial charge in [-0.15, -0.1) is 0 Å². The number of hydrogen-bond acceptors (Lipinski definition) is 4. The van der Waals surface area contributed by atoms with Crippen LogP contribution in [0.4, 0.5) is 0 Å². The Balaban J connectivity index is 1.47. The van der Waals surface area contributed by atoms with Gasteiger partial charge in [0, 0.05) is 18.8 Å². The van der Waals surface area contributed by atoms with Gasteiger partial charge in [0.05, 0.1) is 5.69 Å². The third kappa shape index (κ3) is 3.84. The summed E-state index contributed by atoms with van der Waals surface area (Å²) in [5, 5.41) is 13.1. The minimum Gasteiger partial charge on any atom is -0.383 e. The number of amides is 1. The Morgan fingerprint density at radius 1 is 1.41 bits per heavy atom. The SMILES string of the molecule is Cc1cccnc1CN1CCC([C@@H](O)C(=O)NC2CC2)CC1. The molecule has 0 bridgehead atoms. The summed E-state index contributed by atoms with van der Waals surface area (Å²) >= 11 is 0. The van der Waals surface area contributed by atoms with Crippen LogP contribution in [0.3, 0.4) is 0 Å². The van der Waals surface area contributed by atoms with E-state index in [1.54, 1.807) is 0 Å². The normalized spacial score (nSPS) is 21.5. The average Bonchev–Trinajstić information content (AvgIpc) is 3.33. The summed E-state index contributed by atoms with van der Waals surface area (Å²) in [5.74, 6) is -0.0960. The van der Waals surface area contributed by atoms with E-state index < -0.39 is 6.10 Å². The molecule has 2 fully saturated rings. The highest BCUT2D eigenvalue weighted by atomic mass is 16.3. The molecule has 1 saturated heterocycles. The van der Waals surface area contributed by atoms with Crippen LogP contribution in [0.15, 0.2) is 18.3 Å². The highest BCUT2D eigenvalue weighted by molar-refractivity contribution is 5.81. The van der Waals surface area contributed by atoms with E-state index in [1.165, 1.54) is 5.56 Å². The summed E-state index contributed by atoms with van der Waals surface area (Å²) in [7, 11) is 0. The third-order valence-corrected chi connectivity index (χ3v) is 4.76. The molecule has 1 atom stereocenters. The van der Waals surface area contributed by atoms with Crippen molar-refractivity contribution in [1.29, 1.82) is 0 Å². The lowest BCUT2D eigenvalue weighted by molar-refractivity contribution is -0.133. The van der Waals surface area contributed by atoms with Crippen molar-refractivity contribution in [1.82, 2.24) is 15.2 Å². The topological polar surface area (TPSA) is 65.5 Å². The fourth-order valence-corrected chi connectivity index (χ4v) is 3.05. The van der Waals surface area contributed by atoms with Crippen molar-refractivity contribution in [2.75, 3.05) is 13.1 Å². The number of hydrogen-bond donors (Lipinski definition) is 2. The van der Waals surface area contributed by atoms with Gasteiger partial charge < -0.3 is 10.4 Å². The second-order valence-corrected chi connectivity index (χ2v) is 6.61. The van der Waals surface area contributed by atoms with E-state index in [4.69, 9.17) is 0 Å². The van der Waals surface area contributed by atoms with E-state index in [9.17, 15) is 9.90 Å². The number of aliphatic hydroxyl groups is 1. The molecule has 2 N–H and O–H groups in total. The van der Waals surface area contributed by atoms with Crippen molar-refractivity contribution in [3.8, 4) is 0 Å². The van der Waals surface area contributed by atoms with Gasteiger partial charge in [0.25, 0.3) is 0 Å². The number of carbonyl (C=O) groups is 1. The fourth-order valence-electron chi connectivity index (χ4n) is 3.05. The number of nitrogens with zero attached hydrogens (tertiary/aromatic N) is 2. The molecular weight excluding hydrogens is 278 g/mol. The zero-order valence-electron chi connectivity index (χ0n) is 13.2. The molecule has 1 aliphatic heterocycles. The molecule has 1 saturated carbocycles. The molecule has 0 spiro atoms. The standard InChI is InChI=1S/C17H25N3O2/c1-12-3-2-8-18-15(12)11-20-9-6-13(7-10-20)16(21)17(22)19-14-4-5-14/h2-3,8,13-14,16,21H,4-7,9-11H2,1H3,(H,19,22)/t16-/m1/s1. The van der Waals surface area contributed by atoms with E-state index in [0.717, 1.165) is 51.0 Å². The Morgan fingerprint density at radius 2 is 2.14 bits per heavy atom. The van der Waals surface area contributed by atoms with Crippen LogP contribution in [-0.2, 0) is 11.3 Å². The molecule has 3 rings (SSSR count). The number of rotatable bonds is 5. The molecule has 2 aliphatic rings. The van der Waals surface area contributed by atoms with Gasteiger partial charge in [-0.1, -0.05) is 6.07 Å². The average molecular weight is 303 g/mol. The van der Waals surface area contributed by atoms with Crippen molar-refractivity contribution >= 4 is 5.91 Å². The van der Waals surface area contributed by atoms with Gasteiger partial charge in [-0.05, 0) is 63.2 Å². The highest BCUT2D eigenvalue weighted by Gasteiger charge is 2.33. The second-order valence-electron chi connectivity index (χ2n) is 6.61. The van der Waals surface area contributed by atoms with Crippen molar-refractivity contribution in [3.63, 3.8) is 0 Å². The summed E-state index contributed by atoms with van der Waals surface area (Å²) in [5.41, 5.74) is 2.33. The van der Waals surface area contributed by atoms with Gasteiger partial charge in [-0.25, -0.2) is 0 Å². The van der Waals surface area contributed by atoms with E-state index in [2.05, 4.69) is 28.2 Å². The molecule has 0 unspecified atom stereocenters. The minimum absolute atomic E-state index is 0.0832. The van der Waals surface area contributed by atoms with Crippen molar-refractivity contribution in [3.05, 3.63) is 29.6 Å². The van der Waals surface area contributed by atoms with Gasteiger partial charge in [-0.3, -0.25) is 14.7 Å². The molecule has 0 aromatic carbocycles. The Morgan fingerprint density at radius 3 is 2.77 bits per heavy atom. The minimum atomic E-state index is -0.848. The number of carbonyl (C=O) groups excluding carboxylic acids is 1. The molecular formula is C17H25N3O2. The lowest BCUT2D eigenvalue weighted by Gasteiger charge is -2.33. The zero-order valence-corrected chi connectivity index (χ0v) is 13.2. The maximum absolute atomic E-state index is 11.9. The van der Waals surface area contributed by atoms with E-state index >= 15 is 0 Å².